The van der Waals surface area contributed by atoms with Crippen LogP contribution in [0.5, 0.6) is 11.5 Å². The molecule has 0 saturated carbocycles. The van der Waals surface area contributed by atoms with Crippen LogP contribution in [0.25, 0.3) is 0 Å². The molecule has 0 fully saturated rings. The quantitative estimate of drug-likeness (QED) is 0.443. The van der Waals surface area contributed by atoms with Crippen molar-refractivity contribution in [3.8, 4) is 11.5 Å². The summed E-state index contributed by atoms with van der Waals surface area (Å²) in [6.07, 6.45) is 0.410. The molecule has 0 aliphatic rings. The minimum atomic E-state index is -5.52. The van der Waals surface area contributed by atoms with Crippen LogP contribution in [0.4, 0.5) is 17.6 Å². The van der Waals surface area contributed by atoms with Crippen LogP contribution in [0.1, 0.15) is 37.8 Å². The molecule has 0 bridgehead atoms. The monoisotopic (exact) mass is 392 g/mol. The Morgan fingerprint density at radius 2 is 1.54 bits per heavy atom. The second-order valence-corrected chi connectivity index (χ2v) is 7.19. The van der Waals surface area contributed by atoms with Gasteiger partial charge in [-0.1, -0.05) is 39.0 Å². The van der Waals surface area contributed by atoms with Gasteiger partial charge < -0.3 is 4.74 Å². The molecule has 0 heterocycles. The lowest BCUT2D eigenvalue weighted by molar-refractivity contribution is 0.343. The molecular weight excluding hydrogens is 376 g/mol. The highest BCUT2D eigenvalue weighted by atomic mass is 32.2. The number of rotatable bonds is 5. The fraction of sp³-hybridized carbons (Fsp3) is 0.294. The second kappa shape index (κ2) is 7.24. The maximum atomic E-state index is 14.2. The number of hydrogen-bond donors (Lipinski definition) is 1. The first kappa shape index (κ1) is 20.2. The third-order valence-electron chi connectivity index (χ3n) is 3.77. The molecule has 0 radical (unpaired) electrons. The molecule has 26 heavy (non-hydrogen) atoms. The van der Waals surface area contributed by atoms with Crippen LogP contribution in [-0.2, 0) is 16.5 Å². The Balaban J connectivity index is 2.74. The lowest BCUT2D eigenvalue weighted by Crippen LogP contribution is -2.12. The number of halogens is 4. The average molecular weight is 392 g/mol. The summed E-state index contributed by atoms with van der Waals surface area (Å²) in [5, 5.41) is 0. The van der Waals surface area contributed by atoms with E-state index in [1.807, 2.05) is 0 Å². The van der Waals surface area contributed by atoms with Crippen LogP contribution in [0.15, 0.2) is 23.1 Å². The van der Waals surface area contributed by atoms with Crippen molar-refractivity contribution in [2.75, 3.05) is 0 Å². The van der Waals surface area contributed by atoms with Gasteiger partial charge in [0.25, 0.3) is 0 Å². The second-order valence-electron chi connectivity index (χ2n) is 5.84. The molecule has 2 rings (SSSR count). The summed E-state index contributed by atoms with van der Waals surface area (Å²) in [4.78, 5) is -2.10. The number of ether oxygens (including phenoxy) is 1. The van der Waals surface area contributed by atoms with Gasteiger partial charge in [-0.05, 0) is 23.5 Å². The van der Waals surface area contributed by atoms with Crippen LogP contribution >= 0.6 is 0 Å². The van der Waals surface area contributed by atoms with Gasteiger partial charge in [-0.15, -0.1) is 0 Å². The van der Waals surface area contributed by atoms with Gasteiger partial charge >= 0.3 is 10.1 Å². The van der Waals surface area contributed by atoms with Gasteiger partial charge in [-0.25, -0.2) is 8.78 Å². The SMILES string of the molecule is CCc1cccc(C(C)C)c1Oc1c(F)c(F)c(S(=O)(=O)O)c(F)c1F. The fourth-order valence-electron chi connectivity index (χ4n) is 2.47. The predicted octanol–water partition coefficient (Wildman–Crippen LogP) is 4.97. The highest BCUT2D eigenvalue weighted by molar-refractivity contribution is 7.85. The van der Waals surface area contributed by atoms with E-state index in [4.69, 9.17) is 9.29 Å². The molecule has 1 N–H and O–H groups in total. The summed E-state index contributed by atoms with van der Waals surface area (Å²) in [5.41, 5.74) is 1.08. The smallest absolute Gasteiger partial charge is 0.300 e. The van der Waals surface area contributed by atoms with E-state index in [0.29, 0.717) is 17.5 Å². The first-order chi connectivity index (χ1) is 12.0. The molecule has 0 aromatic heterocycles. The predicted molar refractivity (Wildman–Crippen MR) is 86.1 cm³/mol. The molecule has 2 aromatic carbocycles. The maximum Gasteiger partial charge on any atom is 0.300 e. The molecule has 0 spiro atoms. The first-order valence-electron chi connectivity index (χ1n) is 7.63. The van der Waals surface area contributed by atoms with Crippen molar-refractivity contribution in [2.24, 2.45) is 0 Å². The first-order valence-corrected chi connectivity index (χ1v) is 9.07. The zero-order valence-electron chi connectivity index (χ0n) is 14.1. The van der Waals surface area contributed by atoms with E-state index in [2.05, 4.69) is 0 Å². The standard InChI is InChI=1S/C17H16F4O4S/c1-4-9-6-5-7-10(8(2)3)15(9)25-16-11(18)13(20)17(26(22,23)24)14(21)12(16)19/h5-8H,4H2,1-3H3,(H,22,23,24). The van der Waals surface area contributed by atoms with E-state index in [1.165, 1.54) is 0 Å². The van der Waals surface area contributed by atoms with Crippen LogP contribution < -0.4 is 4.74 Å². The van der Waals surface area contributed by atoms with Gasteiger partial charge in [0, 0.05) is 0 Å². The van der Waals surface area contributed by atoms with E-state index in [-0.39, 0.29) is 11.7 Å². The molecular formula is C17H16F4O4S. The van der Waals surface area contributed by atoms with E-state index >= 15 is 0 Å². The molecule has 4 nitrogen and oxygen atoms in total. The van der Waals surface area contributed by atoms with Crippen LogP contribution in [-0.4, -0.2) is 13.0 Å². The number of aryl methyl sites for hydroxylation is 1. The lowest BCUT2D eigenvalue weighted by atomic mass is 9.98. The van der Waals surface area contributed by atoms with E-state index in [9.17, 15) is 26.0 Å². The van der Waals surface area contributed by atoms with Crippen molar-refractivity contribution in [1.29, 1.82) is 0 Å². The van der Waals surface area contributed by atoms with Gasteiger partial charge in [0.05, 0.1) is 0 Å². The van der Waals surface area contributed by atoms with Gasteiger partial charge in [-0.3, -0.25) is 4.55 Å². The Hall–Kier alpha value is -2.13. The van der Waals surface area contributed by atoms with Crippen molar-refractivity contribution < 1.29 is 35.3 Å². The highest BCUT2D eigenvalue weighted by Crippen LogP contribution is 2.39. The number of benzene rings is 2. The Morgan fingerprint density at radius 3 is 1.96 bits per heavy atom. The summed E-state index contributed by atoms with van der Waals surface area (Å²) >= 11 is 0. The lowest BCUT2D eigenvalue weighted by Gasteiger charge is -2.18. The summed E-state index contributed by atoms with van der Waals surface area (Å²) < 4.78 is 92.3. The van der Waals surface area contributed by atoms with Crippen molar-refractivity contribution >= 4 is 10.1 Å². The normalized spacial score (nSPS) is 11.9. The Morgan fingerprint density at radius 1 is 1.00 bits per heavy atom. The van der Waals surface area contributed by atoms with Crippen molar-refractivity contribution in [2.45, 2.75) is 38.0 Å². The van der Waals surface area contributed by atoms with E-state index in [0.717, 1.165) is 0 Å². The molecule has 0 unspecified atom stereocenters. The van der Waals surface area contributed by atoms with Crippen LogP contribution in [0.2, 0.25) is 0 Å². The molecule has 9 heteroatoms. The molecule has 0 amide bonds. The van der Waals surface area contributed by atoms with Gasteiger partial charge in [0.1, 0.15) is 5.75 Å². The Labute approximate surface area is 148 Å². The van der Waals surface area contributed by atoms with E-state index < -0.39 is 44.0 Å². The van der Waals surface area contributed by atoms with Crippen molar-refractivity contribution in [3.05, 3.63) is 52.6 Å². The summed E-state index contributed by atoms with van der Waals surface area (Å²) in [5.74, 6) is -10.2. The van der Waals surface area contributed by atoms with Crippen molar-refractivity contribution in [3.63, 3.8) is 0 Å². The average Bonchev–Trinajstić information content (AvgIpc) is 2.55. The molecule has 0 saturated heterocycles. The number of hydrogen-bond acceptors (Lipinski definition) is 3. The zero-order valence-corrected chi connectivity index (χ0v) is 14.9. The van der Waals surface area contributed by atoms with Gasteiger partial charge in [0.2, 0.25) is 17.4 Å². The molecule has 0 atom stereocenters. The van der Waals surface area contributed by atoms with Crippen molar-refractivity contribution in [1.82, 2.24) is 0 Å². The molecule has 0 aliphatic heterocycles. The minimum absolute atomic E-state index is 0.0289. The van der Waals surface area contributed by atoms with Crippen LogP contribution in [0, 0.1) is 23.3 Å². The fourth-order valence-corrected chi connectivity index (χ4v) is 3.10. The maximum absolute atomic E-state index is 14.2. The highest BCUT2D eigenvalue weighted by Gasteiger charge is 2.34. The Kier molecular flexibility index (Phi) is 5.62. The van der Waals surface area contributed by atoms with Crippen LogP contribution in [0.3, 0.4) is 0 Å². The van der Waals surface area contributed by atoms with Gasteiger partial charge in [0.15, 0.2) is 16.5 Å². The summed E-state index contributed by atoms with van der Waals surface area (Å²) in [7, 11) is -5.52. The zero-order chi connectivity index (χ0) is 19.8. The van der Waals surface area contributed by atoms with Gasteiger partial charge in [-0.2, -0.15) is 17.2 Å². The third-order valence-corrected chi connectivity index (χ3v) is 4.65. The molecule has 2 aromatic rings. The number of para-hydroxylation sites is 1. The third kappa shape index (κ3) is 3.54. The molecule has 0 aliphatic carbocycles. The summed E-state index contributed by atoms with van der Waals surface area (Å²) in [6, 6.07) is 4.96. The molecule has 142 valence electrons. The van der Waals surface area contributed by atoms with E-state index in [1.54, 1.807) is 39.0 Å². The Bertz CT molecular complexity index is 927. The largest absolute Gasteiger partial charge is 0.450 e. The topological polar surface area (TPSA) is 63.6 Å². The summed E-state index contributed by atoms with van der Waals surface area (Å²) in [6.45, 7) is 5.33. The minimum Gasteiger partial charge on any atom is -0.450 e.